The second-order valence-corrected chi connectivity index (χ2v) is 5.45. The molecule has 22 heavy (non-hydrogen) atoms. The summed E-state index contributed by atoms with van der Waals surface area (Å²) in [5.41, 5.74) is 1.79. The van der Waals surface area contributed by atoms with E-state index in [1.165, 1.54) is 4.52 Å². The van der Waals surface area contributed by atoms with Crippen molar-refractivity contribution in [2.45, 2.75) is 19.9 Å². The first kappa shape index (κ1) is 12.8. The maximum absolute atomic E-state index is 12.1. The van der Waals surface area contributed by atoms with E-state index in [9.17, 15) is 4.79 Å². The summed E-state index contributed by atoms with van der Waals surface area (Å²) in [6.45, 7) is 4.10. The number of hydrogen-bond acceptors (Lipinski definition) is 4. The zero-order valence-electron chi connectivity index (χ0n) is 12.2. The third-order valence-electron chi connectivity index (χ3n) is 3.60. The normalized spacial score (nSPS) is 11.8. The minimum absolute atomic E-state index is 0.259. The second kappa shape index (κ2) is 4.52. The standard InChI is InChI=1S/C15H14N6O/c1-9(2)20-8-10(7-16-20)13-18-14-11-5-3-4-6-12(11)17-15(22)21(14)19-13/h3-9H,1-2H3,(H,17,22). The summed E-state index contributed by atoms with van der Waals surface area (Å²) in [6, 6.07) is 7.80. The summed E-state index contributed by atoms with van der Waals surface area (Å²) in [6.07, 6.45) is 3.60. The first-order valence-corrected chi connectivity index (χ1v) is 7.06. The van der Waals surface area contributed by atoms with Gasteiger partial charge in [-0.15, -0.1) is 5.10 Å². The summed E-state index contributed by atoms with van der Waals surface area (Å²) < 4.78 is 3.13. The molecule has 0 fully saturated rings. The quantitative estimate of drug-likeness (QED) is 0.613. The van der Waals surface area contributed by atoms with Crippen molar-refractivity contribution in [3.63, 3.8) is 0 Å². The lowest BCUT2D eigenvalue weighted by Gasteiger charge is -2.02. The molecular formula is C15H14N6O. The molecule has 7 heteroatoms. The van der Waals surface area contributed by atoms with Crippen LogP contribution in [-0.2, 0) is 0 Å². The van der Waals surface area contributed by atoms with Crippen molar-refractivity contribution in [2.75, 3.05) is 0 Å². The van der Waals surface area contributed by atoms with Crippen LogP contribution in [0.3, 0.4) is 0 Å². The van der Waals surface area contributed by atoms with Gasteiger partial charge in [0.15, 0.2) is 11.5 Å². The number of H-pyrrole nitrogens is 1. The van der Waals surface area contributed by atoms with Crippen LogP contribution in [0.2, 0.25) is 0 Å². The Morgan fingerprint density at radius 1 is 1.23 bits per heavy atom. The van der Waals surface area contributed by atoms with Gasteiger partial charge in [-0.05, 0) is 26.0 Å². The molecule has 0 spiro atoms. The Labute approximate surface area is 125 Å². The molecule has 0 saturated carbocycles. The van der Waals surface area contributed by atoms with Gasteiger partial charge in [-0.2, -0.15) is 9.61 Å². The number of hydrogen-bond donors (Lipinski definition) is 1. The Balaban J connectivity index is 1.98. The lowest BCUT2D eigenvalue weighted by Crippen LogP contribution is -2.17. The molecule has 0 radical (unpaired) electrons. The lowest BCUT2D eigenvalue weighted by atomic mass is 10.2. The van der Waals surface area contributed by atoms with Gasteiger partial charge < -0.3 is 4.98 Å². The summed E-state index contributed by atoms with van der Waals surface area (Å²) in [5.74, 6) is 0.494. The number of rotatable bonds is 2. The van der Waals surface area contributed by atoms with Crippen molar-refractivity contribution in [1.82, 2.24) is 29.4 Å². The first-order chi connectivity index (χ1) is 10.6. The average molecular weight is 294 g/mol. The highest BCUT2D eigenvalue weighted by Crippen LogP contribution is 2.20. The molecule has 0 bridgehead atoms. The van der Waals surface area contributed by atoms with Gasteiger partial charge in [-0.3, -0.25) is 4.68 Å². The number of nitrogens with one attached hydrogen (secondary N) is 1. The minimum atomic E-state index is -0.302. The molecule has 0 aliphatic carbocycles. The summed E-state index contributed by atoms with van der Waals surface area (Å²) in [7, 11) is 0. The van der Waals surface area contributed by atoms with Crippen molar-refractivity contribution in [3.8, 4) is 11.4 Å². The Morgan fingerprint density at radius 2 is 2.05 bits per heavy atom. The van der Waals surface area contributed by atoms with E-state index in [-0.39, 0.29) is 11.7 Å². The molecule has 0 saturated heterocycles. The molecule has 0 aliphatic heterocycles. The summed E-state index contributed by atoms with van der Waals surface area (Å²) in [4.78, 5) is 19.5. The molecule has 7 nitrogen and oxygen atoms in total. The van der Waals surface area contributed by atoms with Gasteiger partial charge >= 0.3 is 5.69 Å². The number of benzene rings is 1. The zero-order valence-corrected chi connectivity index (χ0v) is 12.2. The monoisotopic (exact) mass is 294 g/mol. The molecule has 0 atom stereocenters. The fraction of sp³-hybridized carbons (Fsp3) is 0.200. The lowest BCUT2D eigenvalue weighted by molar-refractivity contribution is 0.532. The predicted octanol–water partition coefficient (Wildman–Crippen LogP) is 2.02. The van der Waals surface area contributed by atoms with Gasteiger partial charge in [0.1, 0.15) is 0 Å². The fourth-order valence-corrected chi connectivity index (χ4v) is 2.44. The van der Waals surface area contributed by atoms with E-state index in [1.807, 2.05) is 49.0 Å². The smallest absolute Gasteiger partial charge is 0.305 e. The van der Waals surface area contributed by atoms with E-state index in [1.54, 1.807) is 6.20 Å². The molecule has 0 aliphatic rings. The molecule has 110 valence electrons. The predicted molar refractivity (Wildman–Crippen MR) is 82.7 cm³/mol. The third-order valence-corrected chi connectivity index (χ3v) is 3.60. The zero-order chi connectivity index (χ0) is 15.3. The minimum Gasteiger partial charge on any atom is -0.305 e. The Morgan fingerprint density at radius 3 is 2.82 bits per heavy atom. The van der Waals surface area contributed by atoms with E-state index in [2.05, 4.69) is 20.2 Å². The van der Waals surface area contributed by atoms with E-state index >= 15 is 0 Å². The Hall–Kier alpha value is -2.96. The maximum atomic E-state index is 12.1. The van der Waals surface area contributed by atoms with Gasteiger partial charge in [0.05, 0.1) is 17.3 Å². The fourth-order valence-electron chi connectivity index (χ4n) is 2.44. The molecule has 3 heterocycles. The topological polar surface area (TPSA) is 80.9 Å². The van der Waals surface area contributed by atoms with Gasteiger partial charge in [0.25, 0.3) is 0 Å². The number of aromatic nitrogens is 6. The number of para-hydroxylation sites is 1. The average Bonchev–Trinajstić information content (AvgIpc) is 3.14. The number of fused-ring (bicyclic) bond motifs is 3. The molecular weight excluding hydrogens is 280 g/mol. The van der Waals surface area contributed by atoms with E-state index in [0.29, 0.717) is 11.5 Å². The third kappa shape index (κ3) is 1.82. The van der Waals surface area contributed by atoms with Crippen LogP contribution in [-0.4, -0.2) is 29.4 Å². The van der Waals surface area contributed by atoms with Crippen LogP contribution in [0.5, 0.6) is 0 Å². The SMILES string of the molecule is CC(C)n1cc(-c2nc3c4ccccc4[nH]c(=O)n3n2)cn1. The van der Waals surface area contributed by atoms with E-state index < -0.39 is 0 Å². The molecule has 0 amide bonds. The van der Waals surface area contributed by atoms with Gasteiger partial charge in [0.2, 0.25) is 0 Å². The van der Waals surface area contributed by atoms with Crippen molar-refractivity contribution in [2.24, 2.45) is 0 Å². The molecule has 0 unspecified atom stereocenters. The van der Waals surface area contributed by atoms with Gasteiger partial charge in [-0.25, -0.2) is 9.78 Å². The summed E-state index contributed by atoms with van der Waals surface area (Å²) in [5, 5.41) is 9.46. The number of nitrogens with zero attached hydrogens (tertiary/aromatic N) is 5. The first-order valence-electron chi connectivity index (χ1n) is 7.06. The van der Waals surface area contributed by atoms with Crippen LogP contribution >= 0.6 is 0 Å². The highest BCUT2D eigenvalue weighted by atomic mass is 16.1. The largest absolute Gasteiger partial charge is 0.348 e. The van der Waals surface area contributed by atoms with Gasteiger partial charge in [-0.1, -0.05) is 12.1 Å². The molecule has 3 aromatic heterocycles. The molecule has 1 N–H and O–H groups in total. The van der Waals surface area contributed by atoms with E-state index in [0.717, 1.165) is 16.5 Å². The van der Waals surface area contributed by atoms with Crippen LogP contribution in [0.15, 0.2) is 41.5 Å². The van der Waals surface area contributed by atoms with Crippen LogP contribution < -0.4 is 5.69 Å². The van der Waals surface area contributed by atoms with E-state index in [4.69, 9.17) is 0 Å². The Kier molecular flexibility index (Phi) is 2.62. The number of aromatic amines is 1. The van der Waals surface area contributed by atoms with Crippen molar-refractivity contribution < 1.29 is 0 Å². The highest BCUT2D eigenvalue weighted by molar-refractivity contribution is 5.91. The van der Waals surface area contributed by atoms with Gasteiger partial charge in [0, 0.05) is 17.6 Å². The van der Waals surface area contributed by atoms with Crippen LogP contribution in [0.1, 0.15) is 19.9 Å². The van der Waals surface area contributed by atoms with Crippen LogP contribution in [0.4, 0.5) is 0 Å². The highest BCUT2D eigenvalue weighted by Gasteiger charge is 2.13. The second-order valence-electron chi connectivity index (χ2n) is 5.45. The Bertz CT molecular complexity index is 1040. The van der Waals surface area contributed by atoms with Crippen LogP contribution in [0.25, 0.3) is 27.9 Å². The van der Waals surface area contributed by atoms with Crippen molar-refractivity contribution in [1.29, 1.82) is 0 Å². The molecule has 1 aromatic carbocycles. The van der Waals surface area contributed by atoms with Crippen molar-refractivity contribution >= 4 is 16.6 Å². The molecule has 4 rings (SSSR count). The molecule has 4 aromatic rings. The van der Waals surface area contributed by atoms with Crippen LogP contribution in [0, 0.1) is 0 Å². The summed E-state index contributed by atoms with van der Waals surface area (Å²) >= 11 is 0. The van der Waals surface area contributed by atoms with Crippen molar-refractivity contribution in [3.05, 3.63) is 47.1 Å². The maximum Gasteiger partial charge on any atom is 0.348 e.